The first kappa shape index (κ1) is 39.9. The van der Waals surface area contributed by atoms with Gasteiger partial charge in [-0.15, -0.1) is 0 Å². The molecule has 272 valence electrons. The fourth-order valence-electron chi connectivity index (χ4n) is 9.44. The predicted molar refractivity (Wildman–Crippen MR) is 208 cm³/mol. The van der Waals surface area contributed by atoms with E-state index in [2.05, 4.69) is 115 Å². The van der Waals surface area contributed by atoms with Crippen LogP contribution < -0.4 is 0 Å². The normalized spacial score (nSPS) is 35.9. The molecule has 0 aromatic heterocycles. The monoisotopic (exact) mass is 706 g/mol. The van der Waals surface area contributed by atoms with Crippen molar-refractivity contribution in [2.75, 3.05) is 5.75 Å². The van der Waals surface area contributed by atoms with Crippen molar-refractivity contribution in [3.8, 4) is 0 Å². The highest BCUT2D eigenvalue weighted by Crippen LogP contribution is 2.67. The highest BCUT2D eigenvalue weighted by molar-refractivity contribution is 7.99. The van der Waals surface area contributed by atoms with E-state index in [1.165, 1.54) is 5.57 Å². The van der Waals surface area contributed by atoms with E-state index in [4.69, 9.17) is 8.85 Å². The summed E-state index contributed by atoms with van der Waals surface area (Å²) in [5, 5.41) is 23.3. The van der Waals surface area contributed by atoms with Gasteiger partial charge in [-0.05, 0) is 111 Å². The van der Waals surface area contributed by atoms with Gasteiger partial charge in [-0.3, -0.25) is 0 Å². The summed E-state index contributed by atoms with van der Waals surface area (Å²) in [6, 6.07) is 0. The number of allylic oxidation sites excluding steroid dienone is 3. The van der Waals surface area contributed by atoms with Crippen molar-refractivity contribution in [2.45, 2.75) is 193 Å². The lowest BCUT2D eigenvalue weighted by molar-refractivity contribution is -0.0438. The molecule has 47 heavy (non-hydrogen) atoms. The molecule has 0 aromatic carbocycles. The first-order valence-corrected chi connectivity index (χ1v) is 26.0. The third kappa shape index (κ3) is 7.40. The van der Waals surface area contributed by atoms with Gasteiger partial charge in [0.1, 0.15) is 0 Å². The molecule has 3 fully saturated rings. The molecule has 4 aliphatic carbocycles. The van der Waals surface area contributed by atoms with Crippen LogP contribution in [-0.2, 0) is 8.85 Å². The van der Waals surface area contributed by atoms with Crippen LogP contribution in [0.15, 0.2) is 23.3 Å². The zero-order valence-electron chi connectivity index (χ0n) is 33.2. The maximum Gasteiger partial charge on any atom is 0.192 e. The van der Waals surface area contributed by atoms with Crippen LogP contribution in [0.5, 0.6) is 0 Å². The Hall–Kier alpha value is 0.104. The molecule has 0 aromatic rings. The minimum absolute atomic E-state index is 0.0532. The minimum atomic E-state index is -2.06. The van der Waals surface area contributed by atoms with Gasteiger partial charge in [0.2, 0.25) is 0 Å². The van der Waals surface area contributed by atoms with Crippen LogP contribution in [0.4, 0.5) is 0 Å². The lowest BCUT2D eigenvalue weighted by atomic mass is 9.49. The number of thioether (sulfide) groups is 1. The van der Waals surface area contributed by atoms with E-state index in [9.17, 15) is 10.2 Å². The van der Waals surface area contributed by atoms with E-state index in [0.717, 1.165) is 57.1 Å². The van der Waals surface area contributed by atoms with Crippen molar-refractivity contribution < 1.29 is 19.1 Å². The van der Waals surface area contributed by atoms with Crippen molar-refractivity contribution in [1.82, 2.24) is 0 Å². The standard InChI is InChI=1S/C40H74O4SSi2/c1-16-40(42,17-2)22-23-45-27(3)35-33(41)26-32-30-19-18-28-24-29(43-46(12,13)36(4,5)6)25-34(44-47(14,15)37(7,8)9)39(28,11)31(30)20-21-38(32,35)10/h18-19,27,29,31-35,41-42H,16-17,20-26H2,1-15H3/t27-,29+,31-,32-,33-,34-,35-,38-,39-/m0/s1. The smallest absolute Gasteiger partial charge is 0.192 e. The van der Waals surface area contributed by atoms with Gasteiger partial charge in [-0.25, -0.2) is 0 Å². The van der Waals surface area contributed by atoms with E-state index in [-0.39, 0.29) is 45.1 Å². The molecular weight excluding hydrogens is 633 g/mol. The lowest BCUT2D eigenvalue weighted by Crippen LogP contribution is -2.58. The molecular formula is C40H74O4SSi2. The quantitative estimate of drug-likeness (QED) is 0.210. The fraction of sp³-hybridized carbons (Fsp3) is 0.900. The molecule has 0 heterocycles. The van der Waals surface area contributed by atoms with E-state index < -0.39 is 22.2 Å². The van der Waals surface area contributed by atoms with E-state index in [1.54, 1.807) is 5.57 Å². The Morgan fingerprint density at radius 3 is 2.04 bits per heavy atom. The molecule has 9 atom stereocenters. The third-order valence-electron chi connectivity index (χ3n) is 15.0. The average Bonchev–Trinajstić information content (AvgIpc) is 3.21. The first-order chi connectivity index (χ1) is 21.4. The third-order valence-corrected chi connectivity index (χ3v) is 25.3. The number of hydrogen-bond acceptors (Lipinski definition) is 5. The molecule has 0 aliphatic heterocycles. The summed E-state index contributed by atoms with van der Waals surface area (Å²) in [5.74, 6) is 2.06. The topological polar surface area (TPSA) is 58.9 Å². The average molecular weight is 707 g/mol. The van der Waals surface area contributed by atoms with Crippen molar-refractivity contribution >= 4 is 28.4 Å². The molecule has 4 nitrogen and oxygen atoms in total. The minimum Gasteiger partial charge on any atom is -0.414 e. The number of rotatable bonds is 11. The molecule has 3 saturated carbocycles. The summed E-state index contributed by atoms with van der Waals surface area (Å²) in [4.78, 5) is 0. The van der Waals surface area contributed by atoms with Crippen LogP contribution in [0.2, 0.25) is 36.3 Å². The molecule has 0 amide bonds. The van der Waals surface area contributed by atoms with E-state index in [1.807, 2.05) is 11.8 Å². The molecule has 0 bridgehead atoms. The van der Waals surface area contributed by atoms with Gasteiger partial charge in [0.15, 0.2) is 16.6 Å². The van der Waals surface area contributed by atoms with Crippen molar-refractivity contribution in [3.05, 3.63) is 23.3 Å². The van der Waals surface area contributed by atoms with Crippen molar-refractivity contribution in [2.24, 2.45) is 28.6 Å². The SMILES string of the molecule is CCC(O)(CC)CCS[C@@H](C)[C@H]1[C@@H](O)C[C@H]2C3=CC=C4C[C@@H](O[Si](C)(C)C(C)(C)C)C[C@H](O[Si](C)(C)C(C)(C)C)[C@]4(C)[C@H]3CC[C@]12C. The largest absolute Gasteiger partial charge is 0.414 e. The fourth-order valence-corrected chi connectivity index (χ4v) is 13.8. The second-order valence-electron chi connectivity index (χ2n) is 19.7. The summed E-state index contributed by atoms with van der Waals surface area (Å²) in [6.45, 7) is 35.4. The molecule has 0 spiro atoms. The van der Waals surface area contributed by atoms with Gasteiger partial charge in [0.05, 0.1) is 23.9 Å². The molecule has 4 aliphatic rings. The molecule has 0 unspecified atom stereocenters. The van der Waals surface area contributed by atoms with Crippen molar-refractivity contribution in [3.63, 3.8) is 0 Å². The Morgan fingerprint density at radius 1 is 0.915 bits per heavy atom. The Labute approximate surface area is 297 Å². The second-order valence-corrected chi connectivity index (χ2v) is 30.7. The van der Waals surface area contributed by atoms with Gasteiger partial charge in [0.25, 0.3) is 0 Å². The van der Waals surface area contributed by atoms with Crippen LogP contribution in [0.1, 0.15) is 128 Å². The summed E-state index contributed by atoms with van der Waals surface area (Å²) >= 11 is 1.97. The van der Waals surface area contributed by atoms with Crippen molar-refractivity contribution in [1.29, 1.82) is 0 Å². The van der Waals surface area contributed by atoms with Gasteiger partial charge in [-0.1, -0.05) is 99.5 Å². The number of aliphatic hydroxyl groups is 2. The van der Waals surface area contributed by atoms with E-state index >= 15 is 0 Å². The summed E-state index contributed by atoms with van der Waals surface area (Å²) in [7, 11) is -4.00. The summed E-state index contributed by atoms with van der Waals surface area (Å²) < 4.78 is 14.7. The lowest BCUT2D eigenvalue weighted by Gasteiger charge is -2.59. The number of aliphatic hydroxyl groups excluding tert-OH is 1. The molecule has 2 N–H and O–H groups in total. The van der Waals surface area contributed by atoms with Crippen LogP contribution in [-0.4, -0.2) is 61.8 Å². The molecule has 0 saturated heterocycles. The van der Waals surface area contributed by atoms with Gasteiger partial charge < -0.3 is 19.1 Å². The Bertz CT molecular complexity index is 1180. The molecule has 0 radical (unpaired) electrons. The van der Waals surface area contributed by atoms with Crippen LogP contribution in [0.25, 0.3) is 0 Å². The summed E-state index contributed by atoms with van der Waals surface area (Å²) in [6.07, 6.45) is 12.6. The maximum absolute atomic E-state index is 11.8. The number of hydrogen-bond donors (Lipinski definition) is 2. The van der Waals surface area contributed by atoms with Crippen LogP contribution in [0, 0.1) is 28.6 Å². The maximum atomic E-state index is 11.8. The van der Waals surface area contributed by atoms with Gasteiger partial charge >= 0.3 is 0 Å². The number of fused-ring (bicyclic) bond motifs is 5. The summed E-state index contributed by atoms with van der Waals surface area (Å²) in [5.41, 5.74) is 2.59. The highest BCUT2D eigenvalue weighted by Gasteiger charge is 2.62. The highest BCUT2D eigenvalue weighted by atomic mass is 32.2. The van der Waals surface area contributed by atoms with Gasteiger partial charge in [-0.2, -0.15) is 11.8 Å². The molecule has 4 rings (SSSR count). The Morgan fingerprint density at radius 2 is 1.49 bits per heavy atom. The zero-order chi connectivity index (χ0) is 35.6. The predicted octanol–water partition coefficient (Wildman–Crippen LogP) is 10.9. The Kier molecular flexibility index (Phi) is 11.5. The second kappa shape index (κ2) is 13.6. The van der Waals surface area contributed by atoms with E-state index in [0.29, 0.717) is 17.1 Å². The molecule has 7 heteroatoms. The zero-order valence-corrected chi connectivity index (χ0v) is 36.0. The van der Waals surface area contributed by atoms with Gasteiger partial charge in [0, 0.05) is 16.6 Å². The van der Waals surface area contributed by atoms with Crippen LogP contribution >= 0.6 is 11.8 Å². The Balaban J connectivity index is 1.66. The first-order valence-electron chi connectivity index (χ1n) is 19.2. The van der Waals surface area contributed by atoms with Crippen LogP contribution in [0.3, 0.4) is 0 Å².